The van der Waals surface area contributed by atoms with Gasteiger partial charge < -0.3 is 15.8 Å². The molecule has 0 radical (unpaired) electrons. The lowest BCUT2D eigenvalue weighted by Crippen LogP contribution is -2.38. The lowest BCUT2D eigenvalue weighted by Gasteiger charge is -2.26. The summed E-state index contributed by atoms with van der Waals surface area (Å²) in [5, 5.41) is 4.09. The standard InChI is InChI=1S/C22H22Cl2N4O3S2/c23-16-5-2-6-17(24)18(16)19(29)20-21(25)27-22(32-20)26-14-3-1-4-15(13-14)33(30)12-9-28-7-10-31-11-8-28/h1-6,13H,7-12,25H2,(H,26,27). The van der Waals surface area contributed by atoms with Crippen LogP contribution in [-0.2, 0) is 15.5 Å². The fraction of sp³-hybridized carbons (Fsp3) is 0.273. The molecule has 2 aromatic carbocycles. The summed E-state index contributed by atoms with van der Waals surface area (Å²) in [6.45, 7) is 3.93. The zero-order valence-corrected chi connectivity index (χ0v) is 20.7. The van der Waals surface area contributed by atoms with Gasteiger partial charge in [-0.2, -0.15) is 0 Å². The summed E-state index contributed by atoms with van der Waals surface area (Å²) in [4.78, 5) is 20.5. The largest absolute Gasteiger partial charge is 0.382 e. The first kappa shape index (κ1) is 24.1. The Bertz CT molecular complexity index is 1160. The predicted octanol–water partition coefficient (Wildman–Crippen LogP) is 4.45. The number of carbonyl (C=O) groups excluding carboxylic acids is 1. The lowest BCUT2D eigenvalue weighted by molar-refractivity contribution is 0.0409. The van der Waals surface area contributed by atoms with Gasteiger partial charge >= 0.3 is 0 Å². The zero-order valence-electron chi connectivity index (χ0n) is 17.6. The maximum atomic E-state index is 13.0. The third-order valence-corrected chi connectivity index (χ3v) is 8.04. The number of halogens is 2. The highest BCUT2D eigenvalue weighted by molar-refractivity contribution is 7.85. The van der Waals surface area contributed by atoms with Crippen molar-refractivity contribution in [3.63, 3.8) is 0 Å². The maximum absolute atomic E-state index is 13.0. The molecule has 0 bridgehead atoms. The Kier molecular flexibility index (Phi) is 8.00. The molecule has 3 aromatic rings. The molecule has 1 aromatic heterocycles. The van der Waals surface area contributed by atoms with Gasteiger partial charge in [0.05, 0.1) is 39.6 Å². The summed E-state index contributed by atoms with van der Waals surface area (Å²) < 4.78 is 18.1. The fourth-order valence-electron chi connectivity index (χ4n) is 3.37. The minimum atomic E-state index is -1.14. The van der Waals surface area contributed by atoms with E-state index in [0.717, 1.165) is 49.1 Å². The number of nitrogens with zero attached hydrogens (tertiary/aromatic N) is 2. The first-order valence-electron chi connectivity index (χ1n) is 10.2. The van der Waals surface area contributed by atoms with Crippen LogP contribution in [0.5, 0.6) is 0 Å². The second-order valence-corrected chi connectivity index (χ2v) is 10.7. The van der Waals surface area contributed by atoms with Crippen LogP contribution in [0.25, 0.3) is 0 Å². The number of ketones is 1. The number of benzene rings is 2. The van der Waals surface area contributed by atoms with Crippen molar-refractivity contribution in [2.75, 3.05) is 49.7 Å². The number of nitrogens with two attached hydrogens (primary N) is 1. The smallest absolute Gasteiger partial charge is 0.209 e. The van der Waals surface area contributed by atoms with Gasteiger partial charge in [-0.3, -0.25) is 13.9 Å². The molecule has 1 atom stereocenters. The summed E-state index contributed by atoms with van der Waals surface area (Å²) in [7, 11) is -1.14. The van der Waals surface area contributed by atoms with Gasteiger partial charge in [0.15, 0.2) is 5.13 Å². The highest BCUT2D eigenvalue weighted by atomic mass is 35.5. The Morgan fingerprint density at radius 3 is 2.61 bits per heavy atom. The number of thiazole rings is 1. The van der Waals surface area contributed by atoms with Crippen LogP contribution in [0.15, 0.2) is 47.4 Å². The number of carbonyl (C=O) groups is 1. The average Bonchev–Trinajstić information content (AvgIpc) is 3.18. The molecule has 1 unspecified atom stereocenters. The third kappa shape index (κ3) is 5.92. The minimum Gasteiger partial charge on any atom is -0.382 e. The number of nitrogens with one attached hydrogen (secondary N) is 1. The molecule has 4 rings (SSSR count). The second-order valence-electron chi connectivity index (χ2n) is 7.32. The molecule has 1 aliphatic heterocycles. The van der Waals surface area contributed by atoms with Gasteiger partial charge in [0.2, 0.25) is 5.78 Å². The van der Waals surface area contributed by atoms with Crippen LogP contribution >= 0.6 is 34.5 Å². The van der Waals surface area contributed by atoms with Crippen molar-refractivity contribution in [2.24, 2.45) is 0 Å². The van der Waals surface area contributed by atoms with E-state index >= 15 is 0 Å². The number of hydrogen-bond donors (Lipinski definition) is 2. The number of morpholine rings is 1. The van der Waals surface area contributed by atoms with Gasteiger partial charge in [-0.15, -0.1) is 0 Å². The number of anilines is 3. The number of ether oxygens (including phenoxy) is 1. The van der Waals surface area contributed by atoms with Crippen LogP contribution in [-0.4, -0.2) is 58.5 Å². The van der Waals surface area contributed by atoms with Crippen molar-refractivity contribution < 1.29 is 13.7 Å². The van der Waals surface area contributed by atoms with E-state index in [0.29, 0.717) is 16.6 Å². The van der Waals surface area contributed by atoms with Gasteiger partial charge in [-0.05, 0) is 30.3 Å². The van der Waals surface area contributed by atoms with Gasteiger partial charge in [0.1, 0.15) is 10.7 Å². The molecule has 1 aliphatic rings. The van der Waals surface area contributed by atoms with Crippen LogP contribution in [0.2, 0.25) is 10.0 Å². The first-order valence-corrected chi connectivity index (χ1v) is 13.1. The highest BCUT2D eigenvalue weighted by Gasteiger charge is 2.22. The monoisotopic (exact) mass is 524 g/mol. The number of rotatable bonds is 8. The van der Waals surface area contributed by atoms with Gasteiger partial charge in [0, 0.05) is 36.0 Å². The van der Waals surface area contributed by atoms with E-state index in [1.165, 1.54) is 0 Å². The highest BCUT2D eigenvalue weighted by Crippen LogP contribution is 2.34. The summed E-state index contributed by atoms with van der Waals surface area (Å²) >= 11 is 13.4. The van der Waals surface area contributed by atoms with Crippen molar-refractivity contribution in [2.45, 2.75) is 4.90 Å². The minimum absolute atomic E-state index is 0.0914. The number of hydrogen-bond acceptors (Lipinski definition) is 8. The molecule has 0 aliphatic carbocycles. The molecule has 174 valence electrons. The Morgan fingerprint density at radius 2 is 1.88 bits per heavy atom. The SMILES string of the molecule is Nc1nc(Nc2cccc(S(=O)CCN3CCOCC3)c2)sc1C(=O)c1c(Cl)cccc1Cl. The van der Waals surface area contributed by atoms with Crippen molar-refractivity contribution >= 4 is 67.8 Å². The van der Waals surface area contributed by atoms with Gasteiger partial charge in [-0.25, -0.2) is 4.98 Å². The Balaban J connectivity index is 1.45. The van der Waals surface area contributed by atoms with Crippen LogP contribution in [0.1, 0.15) is 15.2 Å². The van der Waals surface area contributed by atoms with E-state index in [-0.39, 0.29) is 32.1 Å². The third-order valence-electron chi connectivity index (χ3n) is 5.09. The van der Waals surface area contributed by atoms with Crippen LogP contribution in [0.4, 0.5) is 16.6 Å². The fourth-order valence-corrected chi connectivity index (χ4v) is 5.94. The summed E-state index contributed by atoms with van der Waals surface area (Å²) in [5.74, 6) is 0.255. The molecule has 1 saturated heterocycles. The summed E-state index contributed by atoms with van der Waals surface area (Å²) in [6.07, 6.45) is 0. The van der Waals surface area contributed by atoms with E-state index in [2.05, 4.69) is 15.2 Å². The molecule has 0 saturated carbocycles. The number of nitrogen functional groups attached to an aromatic ring is 1. The van der Waals surface area contributed by atoms with Crippen LogP contribution in [0, 0.1) is 0 Å². The molecule has 11 heteroatoms. The Labute approximate surface area is 208 Å². The molecular formula is C22H22Cl2N4O3S2. The molecule has 1 fully saturated rings. The van der Waals surface area contributed by atoms with Crippen molar-refractivity contribution in [3.05, 3.63) is 63.0 Å². The number of aromatic nitrogens is 1. The topological polar surface area (TPSA) is 97.5 Å². The normalized spacial score (nSPS) is 15.3. The van der Waals surface area contributed by atoms with Gasteiger partial charge in [-0.1, -0.05) is 46.7 Å². The molecule has 0 amide bonds. The summed E-state index contributed by atoms with van der Waals surface area (Å²) in [6, 6.07) is 12.2. The molecular weight excluding hydrogens is 503 g/mol. The average molecular weight is 525 g/mol. The van der Waals surface area contributed by atoms with E-state index in [1.807, 2.05) is 24.3 Å². The molecule has 2 heterocycles. The van der Waals surface area contributed by atoms with E-state index in [4.69, 9.17) is 33.7 Å². The second kappa shape index (κ2) is 10.9. The molecule has 7 nitrogen and oxygen atoms in total. The Hall–Kier alpha value is -2.01. The van der Waals surface area contributed by atoms with Gasteiger partial charge in [0.25, 0.3) is 0 Å². The first-order chi connectivity index (χ1) is 15.9. The predicted molar refractivity (Wildman–Crippen MR) is 135 cm³/mol. The zero-order chi connectivity index (χ0) is 23.4. The molecule has 0 spiro atoms. The lowest BCUT2D eigenvalue weighted by atomic mass is 10.1. The van der Waals surface area contributed by atoms with Crippen LogP contribution in [0.3, 0.4) is 0 Å². The van der Waals surface area contributed by atoms with Crippen molar-refractivity contribution in [3.8, 4) is 0 Å². The van der Waals surface area contributed by atoms with Crippen LogP contribution < -0.4 is 11.1 Å². The summed E-state index contributed by atoms with van der Waals surface area (Å²) in [5.41, 5.74) is 6.91. The Morgan fingerprint density at radius 1 is 1.18 bits per heavy atom. The van der Waals surface area contributed by atoms with E-state index < -0.39 is 10.8 Å². The van der Waals surface area contributed by atoms with Crippen molar-refractivity contribution in [1.82, 2.24) is 9.88 Å². The van der Waals surface area contributed by atoms with E-state index in [1.54, 1.807) is 18.2 Å². The maximum Gasteiger partial charge on any atom is 0.209 e. The van der Waals surface area contributed by atoms with E-state index in [9.17, 15) is 9.00 Å². The quantitative estimate of drug-likeness (QED) is 0.420. The van der Waals surface area contributed by atoms with Crippen molar-refractivity contribution in [1.29, 1.82) is 0 Å². The molecule has 33 heavy (non-hydrogen) atoms. The molecule has 3 N–H and O–H groups in total.